The van der Waals surface area contributed by atoms with Crippen molar-refractivity contribution in [2.24, 2.45) is 0 Å². The van der Waals surface area contributed by atoms with E-state index in [0.717, 1.165) is 0 Å². The topological polar surface area (TPSA) is 45.8 Å². The highest BCUT2D eigenvalue weighted by atomic mass is 79.9. The Balaban J connectivity index is 2.21. The van der Waals surface area contributed by atoms with Crippen molar-refractivity contribution in [3.05, 3.63) is 63.1 Å². The van der Waals surface area contributed by atoms with E-state index in [1.807, 2.05) is 0 Å². The minimum atomic E-state index is -0.472. The second-order valence-corrected chi connectivity index (χ2v) is 5.43. The van der Waals surface area contributed by atoms with Crippen molar-refractivity contribution in [1.29, 1.82) is 0 Å². The van der Waals surface area contributed by atoms with E-state index >= 15 is 0 Å². The third kappa shape index (κ3) is 2.13. The van der Waals surface area contributed by atoms with E-state index in [-0.39, 0.29) is 11.3 Å². The van der Waals surface area contributed by atoms with E-state index in [4.69, 9.17) is 11.6 Å². The van der Waals surface area contributed by atoms with Crippen LogP contribution in [0.25, 0.3) is 11.0 Å². The lowest BCUT2D eigenvalue weighted by molar-refractivity contribution is 0.103. The van der Waals surface area contributed by atoms with Gasteiger partial charge in [0.1, 0.15) is 11.5 Å². The zero-order chi connectivity index (χ0) is 14.3. The van der Waals surface area contributed by atoms with Gasteiger partial charge >= 0.3 is 0 Å². The number of carbonyl (C=O) groups excluding carboxylic acids is 1. The summed E-state index contributed by atoms with van der Waals surface area (Å²) < 4.78 is 13.8. The summed E-state index contributed by atoms with van der Waals surface area (Å²) in [5.74, 6) is -0.793. The number of H-pyrrole nitrogens is 1. The monoisotopic (exact) mass is 352 g/mol. The van der Waals surface area contributed by atoms with Crippen molar-refractivity contribution in [2.45, 2.75) is 0 Å². The lowest BCUT2D eigenvalue weighted by Crippen LogP contribution is -2.02. The highest BCUT2D eigenvalue weighted by Gasteiger charge is 2.19. The third-order valence-electron chi connectivity index (χ3n) is 2.94. The molecular weight excluding hydrogens is 347 g/mol. The average molecular weight is 354 g/mol. The lowest BCUT2D eigenvalue weighted by atomic mass is 10.0. The number of aromatic amines is 1. The molecule has 0 aliphatic rings. The predicted molar refractivity (Wildman–Crippen MR) is 78.6 cm³/mol. The van der Waals surface area contributed by atoms with Crippen LogP contribution in [0.4, 0.5) is 4.39 Å². The number of benzene rings is 1. The number of aromatic nitrogens is 2. The first-order chi connectivity index (χ1) is 9.58. The maximum absolute atomic E-state index is 13.3. The molecule has 0 aliphatic heterocycles. The Morgan fingerprint density at radius 2 is 2.10 bits per heavy atom. The molecule has 1 aromatic carbocycles. The molecule has 2 aromatic heterocycles. The lowest BCUT2D eigenvalue weighted by Gasteiger charge is -2.03. The Bertz CT molecular complexity index is 831. The number of hydrogen-bond donors (Lipinski definition) is 1. The van der Waals surface area contributed by atoms with Gasteiger partial charge in [0.15, 0.2) is 5.78 Å². The molecule has 1 N–H and O–H groups in total. The third-order valence-corrected chi connectivity index (χ3v) is 3.95. The summed E-state index contributed by atoms with van der Waals surface area (Å²) >= 11 is 9.36. The van der Waals surface area contributed by atoms with Crippen molar-refractivity contribution in [1.82, 2.24) is 9.97 Å². The summed E-state index contributed by atoms with van der Waals surface area (Å²) in [7, 11) is 0. The number of fused-ring (bicyclic) bond motifs is 1. The smallest absolute Gasteiger partial charge is 0.196 e. The molecule has 0 unspecified atom stereocenters. The van der Waals surface area contributed by atoms with Crippen LogP contribution in [0, 0.1) is 5.82 Å². The Kier molecular flexibility index (Phi) is 3.31. The highest BCUT2D eigenvalue weighted by molar-refractivity contribution is 9.10. The molecule has 3 rings (SSSR count). The molecule has 0 atom stereocenters. The molecule has 20 heavy (non-hydrogen) atoms. The van der Waals surface area contributed by atoms with Gasteiger partial charge in [0.05, 0.1) is 10.6 Å². The molecule has 0 saturated heterocycles. The van der Waals surface area contributed by atoms with Gasteiger partial charge in [-0.3, -0.25) is 4.79 Å². The first-order valence-corrected chi connectivity index (χ1v) is 6.86. The molecule has 0 bridgehead atoms. The SMILES string of the molecule is O=C(c1cc(F)ccc1Br)c1c[nH]c2nccc(Cl)c12. The normalized spacial score (nSPS) is 10.9. The quantitative estimate of drug-likeness (QED) is 0.696. The van der Waals surface area contributed by atoms with Gasteiger partial charge in [-0.2, -0.15) is 0 Å². The maximum Gasteiger partial charge on any atom is 0.196 e. The predicted octanol–water partition coefficient (Wildman–Crippen LogP) is 4.35. The van der Waals surface area contributed by atoms with Gasteiger partial charge in [-0.15, -0.1) is 0 Å². The Morgan fingerprint density at radius 3 is 2.90 bits per heavy atom. The summed E-state index contributed by atoms with van der Waals surface area (Å²) in [4.78, 5) is 19.5. The number of carbonyl (C=O) groups is 1. The fourth-order valence-corrected chi connectivity index (χ4v) is 2.69. The summed E-state index contributed by atoms with van der Waals surface area (Å²) in [6.07, 6.45) is 3.08. The van der Waals surface area contributed by atoms with Gasteiger partial charge < -0.3 is 4.98 Å². The maximum atomic E-state index is 13.3. The van der Waals surface area contributed by atoms with Gasteiger partial charge in [0.25, 0.3) is 0 Å². The van der Waals surface area contributed by atoms with E-state index in [1.54, 1.807) is 12.3 Å². The summed E-state index contributed by atoms with van der Waals surface area (Å²) in [6, 6.07) is 5.58. The van der Waals surface area contributed by atoms with Crippen LogP contribution in [0.5, 0.6) is 0 Å². The standard InChI is InChI=1S/C14H7BrClFN2O/c15-10-2-1-7(17)5-8(10)13(20)9-6-19-14-12(9)11(16)3-4-18-14/h1-6H,(H,18,19). The van der Waals surface area contributed by atoms with Gasteiger partial charge in [0, 0.05) is 27.8 Å². The first-order valence-electron chi connectivity index (χ1n) is 5.69. The molecule has 3 nitrogen and oxygen atoms in total. The molecule has 2 heterocycles. The zero-order valence-corrected chi connectivity index (χ0v) is 12.3. The van der Waals surface area contributed by atoms with Crippen LogP contribution >= 0.6 is 27.5 Å². The van der Waals surface area contributed by atoms with E-state index in [0.29, 0.717) is 26.1 Å². The number of pyridine rings is 1. The van der Waals surface area contributed by atoms with E-state index in [1.165, 1.54) is 24.4 Å². The van der Waals surface area contributed by atoms with Crippen molar-refractivity contribution in [3.63, 3.8) is 0 Å². The Labute approximate surface area is 126 Å². The number of ketones is 1. The fraction of sp³-hybridized carbons (Fsp3) is 0. The molecule has 0 spiro atoms. The van der Waals surface area contributed by atoms with Crippen molar-refractivity contribution < 1.29 is 9.18 Å². The zero-order valence-electron chi connectivity index (χ0n) is 9.95. The summed E-state index contributed by atoms with van der Waals surface area (Å²) in [6.45, 7) is 0. The summed E-state index contributed by atoms with van der Waals surface area (Å²) in [5.41, 5.74) is 1.13. The molecule has 100 valence electrons. The van der Waals surface area contributed by atoms with Gasteiger partial charge in [-0.1, -0.05) is 27.5 Å². The molecule has 0 saturated carbocycles. The Hall–Kier alpha value is -1.72. The van der Waals surface area contributed by atoms with Crippen LogP contribution in [0.2, 0.25) is 5.02 Å². The molecular formula is C14H7BrClFN2O. The minimum Gasteiger partial charge on any atom is -0.345 e. The molecule has 0 amide bonds. The van der Waals surface area contributed by atoms with Crippen LogP contribution in [0.15, 0.2) is 41.1 Å². The van der Waals surface area contributed by atoms with Gasteiger partial charge in [-0.25, -0.2) is 9.37 Å². The summed E-state index contributed by atoms with van der Waals surface area (Å²) in [5, 5.41) is 0.961. The van der Waals surface area contributed by atoms with E-state index in [9.17, 15) is 9.18 Å². The molecule has 6 heteroatoms. The van der Waals surface area contributed by atoms with Crippen molar-refractivity contribution >= 4 is 44.3 Å². The van der Waals surface area contributed by atoms with E-state index < -0.39 is 5.82 Å². The van der Waals surface area contributed by atoms with Crippen LogP contribution in [-0.2, 0) is 0 Å². The fourth-order valence-electron chi connectivity index (χ4n) is 2.01. The first kappa shape index (κ1) is 13.3. The van der Waals surface area contributed by atoms with Crippen molar-refractivity contribution in [3.8, 4) is 0 Å². The average Bonchev–Trinajstić information content (AvgIpc) is 2.86. The number of halogens is 3. The van der Waals surface area contributed by atoms with Crippen LogP contribution in [0.3, 0.4) is 0 Å². The Morgan fingerprint density at radius 1 is 1.30 bits per heavy atom. The largest absolute Gasteiger partial charge is 0.345 e. The highest BCUT2D eigenvalue weighted by Crippen LogP contribution is 2.29. The molecule has 0 radical (unpaired) electrons. The second-order valence-electron chi connectivity index (χ2n) is 4.17. The second kappa shape index (κ2) is 5.00. The minimum absolute atomic E-state index is 0.241. The van der Waals surface area contributed by atoms with Crippen LogP contribution in [0.1, 0.15) is 15.9 Å². The number of nitrogens with zero attached hydrogens (tertiary/aromatic N) is 1. The van der Waals surface area contributed by atoms with Crippen molar-refractivity contribution in [2.75, 3.05) is 0 Å². The van der Waals surface area contributed by atoms with Gasteiger partial charge in [0.2, 0.25) is 0 Å². The molecule has 0 fully saturated rings. The van der Waals surface area contributed by atoms with Crippen LogP contribution < -0.4 is 0 Å². The number of nitrogens with one attached hydrogen (secondary N) is 1. The van der Waals surface area contributed by atoms with Crippen LogP contribution in [-0.4, -0.2) is 15.8 Å². The van der Waals surface area contributed by atoms with E-state index in [2.05, 4.69) is 25.9 Å². The van der Waals surface area contributed by atoms with Gasteiger partial charge in [-0.05, 0) is 24.3 Å². The number of hydrogen-bond acceptors (Lipinski definition) is 2. The number of rotatable bonds is 2. The molecule has 0 aliphatic carbocycles. The molecule has 3 aromatic rings.